The molecule has 0 saturated carbocycles. The lowest BCUT2D eigenvalue weighted by Gasteiger charge is -2.27. The molecule has 0 saturated heterocycles. The van der Waals surface area contributed by atoms with Crippen LogP contribution in [0.1, 0.15) is 50.7 Å². The van der Waals surface area contributed by atoms with E-state index in [4.69, 9.17) is 8.83 Å². The Kier molecular flexibility index (Phi) is 10.5. The monoisotopic (exact) mass is 928 g/mol. The van der Waals surface area contributed by atoms with Crippen LogP contribution in [0.4, 0.5) is 34.1 Å². The van der Waals surface area contributed by atoms with Gasteiger partial charge in [0.25, 0.3) is 0 Å². The molecule has 0 aliphatic carbocycles. The van der Waals surface area contributed by atoms with Gasteiger partial charge in [0.15, 0.2) is 11.2 Å². The van der Waals surface area contributed by atoms with Gasteiger partial charge in [0.1, 0.15) is 11.2 Å². The van der Waals surface area contributed by atoms with Crippen LogP contribution in [0.3, 0.4) is 0 Å². The molecule has 72 heavy (non-hydrogen) atoms. The lowest BCUT2D eigenvalue weighted by atomic mass is 10.0. The van der Waals surface area contributed by atoms with Crippen LogP contribution >= 0.6 is 0 Å². The first-order valence-corrected chi connectivity index (χ1v) is 25.1. The molecule has 346 valence electrons. The van der Waals surface area contributed by atoms with Crippen LogP contribution in [-0.2, 0) is 0 Å². The molecule has 11 aromatic carbocycles. The minimum absolute atomic E-state index is 0.402. The van der Waals surface area contributed by atoms with E-state index in [0.717, 1.165) is 99.5 Å². The first-order valence-electron chi connectivity index (χ1n) is 25.1. The summed E-state index contributed by atoms with van der Waals surface area (Å²) in [4.78, 5) is 4.72. The highest BCUT2D eigenvalue weighted by Gasteiger charge is 2.21. The summed E-state index contributed by atoms with van der Waals surface area (Å²) >= 11 is 0. The lowest BCUT2D eigenvalue weighted by Crippen LogP contribution is -2.10. The molecule has 0 amide bonds. The maximum atomic E-state index is 6.87. The van der Waals surface area contributed by atoms with Crippen LogP contribution in [0.15, 0.2) is 239 Å². The fourth-order valence-corrected chi connectivity index (χ4v) is 10.6. The van der Waals surface area contributed by atoms with Gasteiger partial charge in [-0.15, -0.1) is 0 Å². The summed E-state index contributed by atoms with van der Waals surface area (Å²) in [6.07, 6.45) is 0. The summed E-state index contributed by atoms with van der Waals surface area (Å²) in [6, 6.07) is 83.5. The molecule has 13 aromatic rings. The minimum Gasteiger partial charge on any atom is -0.452 e. The predicted molar refractivity (Wildman–Crippen MR) is 304 cm³/mol. The smallest absolute Gasteiger partial charge is 0.178 e. The third-order valence-electron chi connectivity index (χ3n) is 14.5. The van der Waals surface area contributed by atoms with Gasteiger partial charge in [-0.25, -0.2) is 0 Å². The van der Waals surface area contributed by atoms with E-state index in [0.29, 0.717) is 11.8 Å². The van der Waals surface area contributed by atoms with Gasteiger partial charge in [0.2, 0.25) is 0 Å². The topological polar surface area (TPSA) is 32.8 Å². The van der Waals surface area contributed by atoms with Crippen molar-refractivity contribution in [3.8, 4) is 22.3 Å². The number of furan rings is 2. The van der Waals surface area contributed by atoms with Crippen LogP contribution in [-0.4, -0.2) is 0 Å². The number of nitrogens with zero attached hydrogens (tertiary/aromatic N) is 2. The van der Waals surface area contributed by atoms with Gasteiger partial charge in [-0.05, 0) is 176 Å². The molecule has 0 N–H and O–H groups in total. The highest BCUT2D eigenvalue weighted by atomic mass is 16.4. The molecule has 0 aliphatic heterocycles. The molecule has 4 heteroatoms. The molecule has 0 radical (unpaired) electrons. The standard InChI is InChI=1S/C68H52N2O2/c1-43(2)49-17-11-19-57(35-49)69(55-27-21-47(22-28-55)45-13-7-5-8-14-45)59-31-25-51-39-63-61-33-34-62-64-40-52-26-32-60(38-54(52)42-66(64)72-68(62)67(61)71-65(63)41-53(51)37-59)70(58-20-12-18-50(36-58)44(3)4)56-29-23-48(24-30-56)46-15-9-6-10-16-46/h5-44H,1-4H3. The van der Waals surface area contributed by atoms with Crippen LogP contribution in [0.25, 0.3) is 87.7 Å². The quantitative estimate of drug-likeness (QED) is 0.137. The second kappa shape index (κ2) is 17.5. The Labute approximate surface area is 419 Å². The van der Waals surface area contributed by atoms with Gasteiger partial charge < -0.3 is 18.6 Å². The van der Waals surface area contributed by atoms with Crippen molar-refractivity contribution >= 4 is 99.5 Å². The Hall–Kier alpha value is -8.86. The number of hydrogen-bond acceptors (Lipinski definition) is 4. The molecule has 2 aromatic heterocycles. The van der Waals surface area contributed by atoms with Crippen molar-refractivity contribution in [2.45, 2.75) is 39.5 Å². The number of rotatable bonds is 10. The van der Waals surface area contributed by atoms with E-state index in [1.807, 2.05) is 0 Å². The summed E-state index contributed by atoms with van der Waals surface area (Å²) in [5.74, 6) is 0.805. The molecular weight excluding hydrogens is 877 g/mol. The molecule has 0 bridgehead atoms. The lowest BCUT2D eigenvalue weighted by molar-refractivity contribution is 0.634. The minimum atomic E-state index is 0.402. The van der Waals surface area contributed by atoms with Crippen molar-refractivity contribution in [3.63, 3.8) is 0 Å². The highest BCUT2D eigenvalue weighted by molar-refractivity contribution is 6.21. The zero-order valence-corrected chi connectivity index (χ0v) is 40.8. The molecule has 2 heterocycles. The zero-order valence-electron chi connectivity index (χ0n) is 40.8. The first-order chi connectivity index (χ1) is 35.3. The van der Waals surface area contributed by atoms with Crippen molar-refractivity contribution in [1.82, 2.24) is 0 Å². The van der Waals surface area contributed by atoms with Gasteiger partial charge in [-0.2, -0.15) is 0 Å². The second-order valence-corrected chi connectivity index (χ2v) is 19.8. The van der Waals surface area contributed by atoms with Gasteiger partial charge >= 0.3 is 0 Å². The number of hydrogen-bond donors (Lipinski definition) is 0. The van der Waals surface area contributed by atoms with Crippen molar-refractivity contribution in [2.24, 2.45) is 0 Å². The molecule has 0 atom stereocenters. The zero-order chi connectivity index (χ0) is 48.5. The summed E-state index contributed by atoms with van der Waals surface area (Å²) in [6.45, 7) is 9.00. The van der Waals surface area contributed by atoms with Crippen molar-refractivity contribution in [2.75, 3.05) is 9.80 Å². The van der Waals surface area contributed by atoms with Crippen LogP contribution in [0.2, 0.25) is 0 Å². The largest absolute Gasteiger partial charge is 0.452 e. The maximum absolute atomic E-state index is 6.87. The normalized spacial score (nSPS) is 11.9. The van der Waals surface area contributed by atoms with Gasteiger partial charge in [-0.3, -0.25) is 0 Å². The predicted octanol–water partition coefficient (Wildman–Crippen LogP) is 20.3. The summed E-state index contributed by atoms with van der Waals surface area (Å²) in [7, 11) is 0. The molecule has 0 aliphatic rings. The number of anilines is 6. The SMILES string of the molecule is CC(C)c1cccc(N(c2ccc(-c3ccccc3)cc2)c2ccc3cc4c(cc3c2)oc2c4ccc3c4cc5ccc(N(c6ccc(-c7ccccc7)cc6)c6cccc(C(C)C)c6)cc5cc4oc32)c1. The van der Waals surface area contributed by atoms with Gasteiger partial charge in [-0.1, -0.05) is 149 Å². The van der Waals surface area contributed by atoms with E-state index >= 15 is 0 Å². The Morgan fingerprint density at radius 2 is 0.653 bits per heavy atom. The average molecular weight is 929 g/mol. The molecule has 0 spiro atoms. The first kappa shape index (κ1) is 43.2. The fraction of sp³-hybridized carbons (Fsp3) is 0.0882. The summed E-state index contributed by atoms with van der Waals surface area (Å²) < 4.78 is 13.7. The molecule has 0 unspecified atom stereocenters. The van der Waals surface area contributed by atoms with Crippen LogP contribution in [0.5, 0.6) is 0 Å². The van der Waals surface area contributed by atoms with Crippen molar-refractivity contribution < 1.29 is 8.83 Å². The van der Waals surface area contributed by atoms with Crippen LogP contribution in [0, 0.1) is 0 Å². The molecular formula is C68H52N2O2. The third-order valence-corrected chi connectivity index (χ3v) is 14.5. The van der Waals surface area contributed by atoms with E-state index in [-0.39, 0.29) is 0 Å². The Morgan fingerprint density at radius 3 is 1.06 bits per heavy atom. The third kappa shape index (κ3) is 7.64. The molecule has 13 rings (SSSR count). The summed E-state index contributed by atoms with van der Waals surface area (Å²) in [5, 5.41) is 8.71. The molecule has 4 nitrogen and oxygen atoms in total. The Morgan fingerprint density at radius 1 is 0.278 bits per heavy atom. The average Bonchev–Trinajstić information content (AvgIpc) is 3.98. The van der Waals surface area contributed by atoms with E-state index in [9.17, 15) is 0 Å². The maximum Gasteiger partial charge on any atom is 0.178 e. The Balaban J connectivity index is 0.892. The van der Waals surface area contributed by atoms with Gasteiger partial charge in [0, 0.05) is 55.7 Å². The number of fused-ring (bicyclic) bond motifs is 9. The van der Waals surface area contributed by atoms with Gasteiger partial charge in [0.05, 0.1) is 0 Å². The highest BCUT2D eigenvalue weighted by Crippen LogP contribution is 2.44. The van der Waals surface area contributed by atoms with Crippen molar-refractivity contribution in [3.05, 3.63) is 242 Å². The second-order valence-electron chi connectivity index (χ2n) is 19.8. The van der Waals surface area contributed by atoms with E-state index < -0.39 is 0 Å². The van der Waals surface area contributed by atoms with Crippen LogP contribution < -0.4 is 9.80 Å². The number of benzene rings is 11. The summed E-state index contributed by atoms with van der Waals surface area (Å²) in [5.41, 5.74) is 17.2. The fourth-order valence-electron chi connectivity index (χ4n) is 10.6. The molecule has 0 fully saturated rings. The Bertz CT molecular complexity index is 3880. The van der Waals surface area contributed by atoms with Crippen molar-refractivity contribution in [1.29, 1.82) is 0 Å². The van der Waals surface area contributed by atoms with E-state index in [2.05, 4.69) is 268 Å². The van der Waals surface area contributed by atoms with E-state index in [1.54, 1.807) is 0 Å². The van der Waals surface area contributed by atoms with E-state index in [1.165, 1.54) is 33.4 Å².